The predicted octanol–water partition coefficient (Wildman–Crippen LogP) is 2.84. The number of rotatable bonds is 2. The molecule has 0 spiro atoms. The van der Waals surface area contributed by atoms with Gasteiger partial charge in [0.2, 0.25) is 0 Å². The maximum Gasteiger partial charge on any atom is 0.419 e. The summed E-state index contributed by atoms with van der Waals surface area (Å²) in [5.41, 5.74) is -0.727. The van der Waals surface area contributed by atoms with Gasteiger partial charge >= 0.3 is 6.18 Å². The van der Waals surface area contributed by atoms with Crippen LogP contribution in [-0.4, -0.2) is 29.3 Å². The molecule has 3 nitrogen and oxygen atoms in total. The van der Waals surface area contributed by atoms with Crippen LogP contribution in [0.5, 0.6) is 0 Å². The smallest absolute Gasteiger partial charge is 0.394 e. The Labute approximate surface area is 110 Å². The van der Waals surface area contributed by atoms with Gasteiger partial charge in [0, 0.05) is 12.7 Å². The van der Waals surface area contributed by atoms with Crippen LogP contribution in [0.4, 0.5) is 19.0 Å². The first-order valence-corrected chi connectivity index (χ1v) is 6.43. The summed E-state index contributed by atoms with van der Waals surface area (Å²) in [6, 6.07) is 2.05. The fraction of sp³-hybridized carbons (Fsp3) is 0.615. The SMILES string of the molecule is OCC1CCCCCN1c1ncccc1C(F)(F)F. The Morgan fingerprint density at radius 2 is 2.11 bits per heavy atom. The number of aromatic nitrogens is 1. The zero-order chi connectivity index (χ0) is 13.9. The van der Waals surface area contributed by atoms with Gasteiger partial charge in [0.1, 0.15) is 5.82 Å². The van der Waals surface area contributed by atoms with E-state index in [1.54, 1.807) is 4.90 Å². The number of anilines is 1. The van der Waals surface area contributed by atoms with Crippen molar-refractivity contribution in [1.82, 2.24) is 4.98 Å². The van der Waals surface area contributed by atoms with E-state index in [0.717, 1.165) is 25.3 Å². The van der Waals surface area contributed by atoms with Crippen LogP contribution in [0.1, 0.15) is 31.2 Å². The Hall–Kier alpha value is -1.30. The van der Waals surface area contributed by atoms with Crippen molar-refractivity contribution in [2.24, 2.45) is 0 Å². The summed E-state index contributed by atoms with van der Waals surface area (Å²) < 4.78 is 39.0. The highest BCUT2D eigenvalue weighted by atomic mass is 19.4. The fourth-order valence-corrected chi connectivity index (χ4v) is 2.49. The van der Waals surface area contributed by atoms with Gasteiger partial charge in [-0.2, -0.15) is 13.2 Å². The molecule has 6 heteroatoms. The first kappa shape index (κ1) is 14.1. The third-order valence-electron chi connectivity index (χ3n) is 3.45. The second-order valence-corrected chi connectivity index (χ2v) is 4.75. The van der Waals surface area contributed by atoms with E-state index in [4.69, 9.17) is 0 Å². The summed E-state index contributed by atoms with van der Waals surface area (Å²) in [5, 5.41) is 9.39. The minimum atomic E-state index is -4.42. The first-order valence-electron chi connectivity index (χ1n) is 6.43. The molecule has 2 rings (SSSR count). The van der Waals surface area contributed by atoms with Crippen molar-refractivity contribution in [3.05, 3.63) is 23.9 Å². The number of pyridine rings is 1. The number of aliphatic hydroxyl groups excluding tert-OH is 1. The lowest BCUT2D eigenvalue weighted by molar-refractivity contribution is -0.137. The summed E-state index contributed by atoms with van der Waals surface area (Å²) in [4.78, 5) is 5.51. The van der Waals surface area contributed by atoms with Gasteiger partial charge in [-0.25, -0.2) is 4.98 Å². The molecule has 0 bridgehead atoms. The molecule has 2 heterocycles. The van der Waals surface area contributed by atoms with Gasteiger partial charge in [-0.1, -0.05) is 12.8 Å². The molecule has 1 fully saturated rings. The van der Waals surface area contributed by atoms with Crippen molar-refractivity contribution >= 4 is 5.82 Å². The maximum absolute atomic E-state index is 13.0. The van der Waals surface area contributed by atoms with Crippen LogP contribution >= 0.6 is 0 Å². The van der Waals surface area contributed by atoms with Crippen LogP contribution in [0.25, 0.3) is 0 Å². The van der Waals surface area contributed by atoms with Crippen molar-refractivity contribution in [3.63, 3.8) is 0 Å². The molecule has 1 atom stereocenters. The standard InChI is InChI=1S/C13H17F3N2O/c14-13(15,16)11-6-4-7-17-12(11)18-8-3-1-2-5-10(18)9-19/h4,6-7,10,19H,1-3,5,8-9H2. The molecule has 1 aliphatic heterocycles. The van der Waals surface area contributed by atoms with Gasteiger partial charge < -0.3 is 10.0 Å². The monoisotopic (exact) mass is 274 g/mol. The van der Waals surface area contributed by atoms with Crippen LogP contribution in [0, 0.1) is 0 Å². The number of alkyl halides is 3. The largest absolute Gasteiger partial charge is 0.419 e. The van der Waals surface area contributed by atoms with E-state index in [2.05, 4.69) is 4.98 Å². The van der Waals surface area contributed by atoms with Crippen molar-refractivity contribution in [2.75, 3.05) is 18.1 Å². The number of hydrogen-bond acceptors (Lipinski definition) is 3. The molecule has 0 amide bonds. The molecule has 0 saturated carbocycles. The second kappa shape index (κ2) is 5.77. The molecule has 1 aromatic heterocycles. The van der Waals surface area contributed by atoms with Gasteiger partial charge in [-0.15, -0.1) is 0 Å². The quantitative estimate of drug-likeness (QED) is 0.901. The van der Waals surface area contributed by atoms with E-state index in [0.29, 0.717) is 13.0 Å². The van der Waals surface area contributed by atoms with Crippen LogP contribution in [0.15, 0.2) is 18.3 Å². The highest BCUT2D eigenvalue weighted by Gasteiger charge is 2.37. The minimum absolute atomic E-state index is 0.0593. The van der Waals surface area contributed by atoms with Crippen LogP contribution in [-0.2, 0) is 6.18 Å². The highest BCUT2D eigenvalue weighted by Crippen LogP contribution is 2.36. The Bertz CT molecular complexity index is 423. The molecule has 0 radical (unpaired) electrons. The first-order chi connectivity index (χ1) is 9.04. The molecule has 0 aliphatic carbocycles. The van der Waals surface area contributed by atoms with Crippen LogP contribution in [0.2, 0.25) is 0 Å². The highest BCUT2D eigenvalue weighted by molar-refractivity contribution is 5.49. The Balaban J connectivity index is 2.38. The number of nitrogens with zero attached hydrogens (tertiary/aromatic N) is 2. The zero-order valence-corrected chi connectivity index (χ0v) is 10.5. The van der Waals surface area contributed by atoms with Crippen molar-refractivity contribution in [1.29, 1.82) is 0 Å². The minimum Gasteiger partial charge on any atom is -0.394 e. The average molecular weight is 274 g/mol. The van der Waals surface area contributed by atoms with Crippen molar-refractivity contribution < 1.29 is 18.3 Å². The molecule has 1 saturated heterocycles. The number of hydrogen-bond donors (Lipinski definition) is 1. The number of aliphatic hydroxyl groups is 1. The lowest BCUT2D eigenvalue weighted by Crippen LogP contribution is -2.39. The zero-order valence-electron chi connectivity index (χ0n) is 10.5. The van der Waals surface area contributed by atoms with E-state index in [9.17, 15) is 18.3 Å². The lowest BCUT2D eigenvalue weighted by Gasteiger charge is -2.31. The van der Waals surface area contributed by atoms with E-state index in [1.165, 1.54) is 12.3 Å². The van der Waals surface area contributed by atoms with E-state index < -0.39 is 11.7 Å². The molecule has 1 unspecified atom stereocenters. The lowest BCUT2D eigenvalue weighted by atomic mass is 10.1. The average Bonchev–Trinajstić information content (AvgIpc) is 2.62. The van der Waals surface area contributed by atoms with Crippen LogP contribution in [0.3, 0.4) is 0 Å². The van der Waals surface area contributed by atoms with Gasteiger partial charge in [-0.3, -0.25) is 0 Å². The Morgan fingerprint density at radius 1 is 1.32 bits per heavy atom. The van der Waals surface area contributed by atoms with E-state index in [1.807, 2.05) is 0 Å². The van der Waals surface area contributed by atoms with Gasteiger partial charge in [-0.05, 0) is 25.0 Å². The molecular weight excluding hydrogens is 257 g/mol. The summed E-state index contributed by atoms with van der Waals surface area (Å²) in [5.74, 6) is -0.0593. The van der Waals surface area contributed by atoms with Crippen molar-refractivity contribution in [3.8, 4) is 0 Å². The van der Waals surface area contributed by atoms with Gasteiger partial charge in [0.25, 0.3) is 0 Å². The normalized spacial score (nSPS) is 21.3. The van der Waals surface area contributed by atoms with Crippen molar-refractivity contribution in [2.45, 2.75) is 37.9 Å². The van der Waals surface area contributed by atoms with E-state index in [-0.39, 0.29) is 18.5 Å². The summed E-state index contributed by atoms with van der Waals surface area (Å²) in [6.07, 6.45) is 0.367. The molecule has 1 aromatic rings. The Kier molecular flexibility index (Phi) is 4.29. The topological polar surface area (TPSA) is 36.4 Å². The van der Waals surface area contributed by atoms with Gasteiger partial charge in [0.05, 0.1) is 18.2 Å². The third-order valence-corrected chi connectivity index (χ3v) is 3.45. The molecule has 106 valence electrons. The number of halogens is 3. The molecule has 1 N–H and O–H groups in total. The summed E-state index contributed by atoms with van der Waals surface area (Å²) in [6.45, 7) is 0.360. The molecular formula is C13H17F3N2O. The summed E-state index contributed by atoms with van der Waals surface area (Å²) in [7, 11) is 0. The van der Waals surface area contributed by atoms with Gasteiger partial charge in [0.15, 0.2) is 0 Å². The fourth-order valence-electron chi connectivity index (χ4n) is 2.49. The Morgan fingerprint density at radius 3 is 2.79 bits per heavy atom. The molecule has 19 heavy (non-hydrogen) atoms. The maximum atomic E-state index is 13.0. The third kappa shape index (κ3) is 3.18. The second-order valence-electron chi connectivity index (χ2n) is 4.75. The summed E-state index contributed by atoms with van der Waals surface area (Å²) >= 11 is 0. The molecule has 0 aromatic carbocycles. The van der Waals surface area contributed by atoms with Crippen LogP contribution < -0.4 is 4.90 Å². The molecule has 1 aliphatic rings. The van der Waals surface area contributed by atoms with E-state index >= 15 is 0 Å². The predicted molar refractivity (Wildman–Crippen MR) is 65.9 cm³/mol.